The first-order valence-corrected chi connectivity index (χ1v) is 4.29. The predicted molar refractivity (Wildman–Crippen MR) is 46.0 cm³/mol. The van der Waals surface area contributed by atoms with Crippen molar-refractivity contribution in [1.82, 2.24) is 15.5 Å². The number of aromatic amines is 1. The van der Waals surface area contributed by atoms with Gasteiger partial charge in [0, 0.05) is 18.4 Å². The van der Waals surface area contributed by atoms with Crippen LogP contribution < -0.4 is 5.32 Å². The van der Waals surface area contributed by atoms with Crippen LogP contribution in [0.25, 0.3) is 0 Å². The molecule has 0 saturated carbocycles. The smallest absolute Gasteiger partial charge is 0.355 e. The van der Waals surface area contributed by atoms with Gasteiger partial charge in [0.15, 0.2) is 0 Å². The SMILES string of the molecule is O=C(Cc1ccn[nH]1)NCCC(F)(F)F. The summed E-state index contributed by atoms with van der Waals surface area (Å²) in [6.45, 7) is -0.392. The topological polar surface area (TPSA) is 57.8 Å². The Hall–Kier alpha value is -1.53. The lowest BCUT2D eigenvalue weighted by atomic mass is 10.3. The van der Waals surface area contributed by atoms with E-state index < -0.39 is 25.0 Å². The molecule has 0 saturated heterocycles. The zero-order chi connectivity index (χ0) is 11.3. The third-order valence-corrected chi connectivity index (χ3v) is 1.64. The molecule has 1 aromatic rings. The number of rotatable bonds is 4. The monoisotopic (exact) mass is 221 g/mol. The third kappa shape index (κ3) is 5.04. The second-order valence-electron chi connectivity index (χ2n) is 2.97. The Morgan fingerprint density at radius 1 is 1.53 bits per heavy atom. The maximum atomic E-state index is 11.7. The van der Waals surface area contributed by atoms with Crippen molar-refractivity contribution in [3.8, 4) is 0 Å². The van der Waals surface area contributed by atoms with Crippen LogP contribution in [0.2, 0.25) is 0 Å². The minimum Gasteiger partial charge on any atom is -0.355 e. The highest BCUT2D eigenvalue weighted by Crippen LogP contribution is 2.18. The van der Waals surface area contributed by atoms with Gasteiger partial charge in [0.05, 0.1) is 12.8 Å². The highest BCUT2D eigenvalue weighted by Gasteiger charge is 2.26. The minimum atomic E-state index is -4.23. The first kappa shape index (κ1) is 11.5. The van der Waals surface area contributed by atoms with Crippen LogP contribution in [0.4, 0.5) is 13.2 Å². The van der Waals surface area contributed by atoms with Crippen molar-refractivity contribution in [2.45, 2.75) is 19.0 Å². The van der Waals surface area contributed by atoms with E-state index in [2.05, 4.69) is 15.5 Å². The van der Waals surface area contributed by atoms with Crippen molar-refractivity contribution in [1.29, 1.82) is 0 Å². The third-order valence-electron chi connectivity index (χ3n) is 1.64. The van der Waals surface area contributed by atoms with Crippen LogP contribution in [0.5, 0.6) is 0 Å². The van der Waals surface area contributed by atoms with Gasteiger partial charge in [-0.15, -0.1) is 0 Å². The van der Waals surface area contributed by atoms with E-state index in [9.17, 15) is 18.0 Å². The normalized spacial score (nSPS) is 11.4. The van der Waals surface area contributed by atoms with Gasteiger partial charge >= 0.3 is 6.18 Å². The predicted octanol–water partition coefficient (Wildman–Crippen LogP) is 1.02. The van der Waals surface area contributed by atoms with Gasteiger partial charge in [0.2, 0.25) is 5.91 Å². The van der Waals surface area contributed by atoms with E-state index in [-0.39, 0.29) is 6.42 Å². The van der Waals surface area contributed by atoms with E-state index >= 15 is 0 Å². The molecule has 1 rings (SSSR count). The molecule has 1 heterocycles. The minimum absolute atomic E-state index is 0.0118. The second kappa shape index (κ2) is 4.81. The van der Waals surface area contributed by atoms with Gasteiger partial charge in [-0.1, -0.05) is 0 Å². The molecule has 2 N–H and O–H groups in total. The molecule has 0 aliphatic heterocycles. The maximum absolute atomic E-state index is 11.7. The molecular weight excluding hydrogens is 211 g/mol. The van der Waals surface area contributed by atoms with E-state index in [4.69, 9.17) is 0 Å². The van der Waals surface area contributed by atoms with Crippen LogP contribution in [0.3, 0.4) is 0 Å². The number of aromatic nitrogens is 2. The fourth-order valence-corrected chi connectivity index (χ4v) is 0.962. The van der Waals surface area contributed by atoms with Crippen LogP contribution >= 0.6 is 0 Å². The number of carbonyl (C=O) groups excluding carboxylic acids is 1. The number of nitrogens with one attached hydrogen (secondary N) is 2. The second-order valence-corrected chi connectivity index (χ2v) is 2.97. The van der Waals surface area contributed by atoms with E-state index in [0.29, 0.717) is 5.69 Å². The fraction of sp³-hybridized carbons (Fsp3) is 0.500. The first-order chi connectivity index (χ1) is 6.97. The molecule has 1 aromatic heterocycles. The van der Waals surface area contributed by atoms with Crippen LogP contribution in [0.15, 0.2) is 12.3 Å². The van der Waals surface area contributed by atoms with Crippen molar-refractivity contribution in [2.75, 3.05) is 6.54 Å². The molecule has 0 aliphatic rings. The molecule has 0 aromatic carbocycles. The Balaban J connectivity index is 2.20. The molecule has 0 radical (unpaired) electrons. The standard InChI is InChI=1S/C8H10F3N3O/c9-8(10,11)2-4-12-7(15)5-6-1-3-13-14-6/h1,3H,2,4-5H2,(H,12,15)(H,13,14). The molecule has 1 amide bonds. The lowest BCUT2D eigenvalue weighted by molar-refractivity contribution is -0.135. The molecular formula is C8H10F3N3O. The van der Waals surface area contributed by atoms with Gasteiger partial charge in [-0.05, 0) is 6.07 Å². The summed E-state index contributed by atoms with van der Waals surface area (Å²) in [6, 6.07) is 1.59. The Morgan fingerprint density at radius 3 is 2.80 bits per heavy atom. The summed E-state index contributed by atoms with van der Waals surface area (Å²) in [5.74, 6) is -0.455. The van der Waals surface area contributed by atoms with Gasteiger partial charge in [0.25, 0.3) is 0 Å². The number of carbonyl (C=O) groups is 1. The highest BCUT2D eigenvalue weighted by atomic mass is 19.4. The summed E-state index contributed by atoms with van der Waals surface area (Å²) in [5, 5.41) is 8.32. The molecule has 0 unspecified atom stereocenters. The molecule has 0 bridgehead atoms. The average molecular weight is 221 g/mol. The molecule has 0 fully saturated rings. The summed E-state index contributed by atoms with van der Waals surface area (Å²) >= 11 is 0. The zero-order valence-electron chi connectivity index (χ0n) is 7.77. The fourth-order valence-electron chi connectivity index (χ4n) is 0.962. The van der Waals surface area contributed by atoms with Crippen molar-refractivity contribution < 1.29 is 18.0 Å². The molecule has 84 valence electrons. The highest BCUT2D eigenvalue weighted by molar-refractivity contribution is 5.77. The van der Waals surface area contributed by atoms with Crippen molar-refractivity contribution in [2.24, 2.45) is 0 Å². The van der Waals surface area contributed by atoms with Crippen LogP contribution in [0, 0.1) is 0 Å². The molecule has 0 atom stereocenters. The first-order valence-electron chi connectivity index (χ1n) is 4.29. The zero-order valence-corrected chi connectivity index (χ0v) is 7.77. The summed E-state index contributed by atoms with van der Waals surface area (Å²) in [6.07, 6.45) is -3.76. The van der Waals surface area contributed by atoms with E-state index in [1.165, 1.54) is 6.20 Å². The van der Waals surface area contributed by atoms with Gasteiger partial charge in [-0.2, -0.15) is 18.3 Å². The molecule has 15 heavy (non-hydrogen) atoms. The molecule has 7 heteroatoms. The average Bonchev–Trinajstić information content (AvgIpc) is 2.54. The van der Waals surface area contributed by atoms with E-state index in [1.54, 1.807) is 6.07 Å². The number of alkyl halides is 3. The lowest BCUT2D eigenvalue weighted by Gasteiger charge is -2.06. The van der Waals surface area contributed by atoms with Crippen LogP contribution in [0.1, 0.15) is 12.1 Å². The Bertz CT molecular complexity index is 307. The molecule has 0 aliphatic carbocycles. The number of hydrogen-bond donors (Lipinski definition) is 2. The van der Waals surface area contributed by atoms with Crippen molar-refractivity contribution >= 4 is 5.91 Å². The summed E-state index contributed by atoms with van der Waals surface area (Å²) in [4.78, 5) is 11.1. The summed E-state index contributed by atoms with van der Waals surface area (Å²) < 4.78 is 35.1. The number of hydrogen-bond acceptors (Lipinski definition) is 2. The van der Waals surface area contributed by atoms with Gasteiger partial charge in [-0.25, -0.2) is 0 Å². The van der Waals surface area contributed by atoms with E-state index in [1.807, 2.05) is 0 Å². The Labute approximate surface area is 83.9 Å². The van der Waals surface area contributed by atoms with Crippen molar-refractivity contribution in [3.05, 3.63) is 18.0 Å². The van der Waals surface area contributed by atoms with E-state index in [0.717, 1.165) is 0 Å². The molecule has 4 nitrogen and oxygen atoms in total. The lowest BCUT2D eigenvalue weighted by Crippen LogP contribution is -2.29. The maximum Gasteiger partial charge on any atom is 0.390 e. The molecule has 0 spiro atoms. The quantitative estimate of drug-likeness (QED) is 0.797. The number of H-pyrrole nitrogens is 1. The van der Waals surface area contributed by atoms with Crippen molar-refractivity contribution in [3.63, 3.8) is 0 Å². The number of nitrogens with zero attached hydrogens (tertiary/aromatic N) is 1. The number of halogens is 3. The summed E-state index contributed by atoms with van der Waals surface area (Å²) in [5.41, 5.74) is 0.569. The Kier molecular flexibility index (Phi) is 3.70. The van der Waals surface area contributed by atoms with Crippen LogP contribution in [-0.2, 0) is 11.2 Å². The summed E-state index contributed by atoms with van der Waals surface area (Å²) in [7, 11) is 0. The van der Waals surface area contributed by atoms with Crippen LogP contribution in [-0.4, -0.2) is 28.8 Å². The van der Waals surface area contributed by atoms with Gasteiger partial charge in [-0.3, -0.25) is 9.89 Å². The largest absolute Gasteiger partial charge is 0.390 e. The van der Waals surface area contributed by atoms with Gasteiger partial charge in [0.1, 0.15) is 0 Å². The van der Waals surface area contributed by atoms with Gasteiger partial charge < -0.3 is 5.32 Å². The number of amides is 1. The Morgan fingerprint density at radius 2 is 2.27 bits per heavy atom.